The SMILES string of the molecule is CC(CC(CC(CCS(=O)(=O)Cl)C(F)(F)F)C(F)(F)F)CC(F)(F)CC(F)(F)CC(C)(F)C(F)(F)F.CC(CC(CC(CCS(=O)(=O)NCCCN(C)C)C(F)(F)F)C(F)(F)F)CC(F)(F)CC(F)(F)CC(C)(F)C(F)(F)F.CN(C)CCCN.ClC(Cl)Cl. The van der Waals surface area contributed by atoms with Crippen molar-refractivity contribution in [2.45, 2.75) is 194 Å². The summed E-state index contributed by atoms with van der Waals surface area (Å²) in [5, 5.41) is 0. The molecule has 0 aliphatic rings. The van der Waals surface area contributed by atoms with Crippen LogP contribution in [0.4, 0.5) is 123 Å². The van der Waals surface area contributed by atoms with Gasteiger partial charge in [-0.1, -0.05) is 48.7 Å². The number of halogens is 32. The van der Waals surface area contributed by atoms with Crippen molar-refractivity contribution in [3.8, 4) is 0 Å². The highest BCUT2D eigenvalue weighted by atomic mass is 35.7. The molecule has 0 amide bonds. The molecular weight excluding hydrogens is 1420 g/mol. The molecule has 8 atom stereocenters. The number of hydrogen-bond acceptors (Lipinski definition) is 7. The maximum atomic E-state index is 14.2. The Kier molecular flexibility index (Phi) is 39.7. The molecule has 8 unspecified atom stereocenters. The second kappa shape index (κ2) is 37.5. The standard InChI is InChI=1S/C23H36F14N2O2S.C18H23ClF14O2S.C5H14N2.CHCl3/c1-15(12-19(25,26)14-20(27,28)13-18(2,24)23(35,36)37)10-17(22(32,33)34)11-16(21(29,30)31)6-9-42(40,41)38-7-5-8-39(3)4;1-10(7-14(21,22)9-15(23,24)8-13(2,20)18(31,32)33)5-12(17(28,29)30)6-11(16(25,26)27)3-4-36(19,34)35;1-7(2)5-3-4-6;2-1(3)4/h15-17,38H,5-14H2,1-4H3;10-12H,3-9H2,1-2H3;3-6H2,1-2H3;1H. The maximum Gasteiger partial charge on any atom is 0.422 e. The van der Waals surface area contributed by atoms with Gasteiger partial charge in [0, 0.05) is 30.1 Å². The van der Waals surface area contributed by atoms with Crippen molar-refractivity contribution < 1.29 is 140 Å². The monoisotopic (exact) mass is 1490 g/mol. The van der Waals surface area contributed by atoms with E-state index in [1.54, 1.807) is 19.0 Å². The minimum absolute atomic E-state index is 0.145. The van der Waals surface area contributed by atoms with Crippen LogP contribution in [0.25, 0.3) is 0 Å². The third kappa shape index (κ3) is 47.5. The average Bonchev–Trinajstić information content (AvgIpc) is 3.21. The zero-order valence-corrected chi connectivity index (χ0v) is 53.4. The Balaban J connectivity index is -0.000000698. The predicted octanol–water partition coefficient (Wildman–Crippen LogP) is 18.1. The van der Waals surface area contributed by atoms with E-state index in [0.29, 0.717) is 20.4 Å². The highest BCUT2D eigenvalue weighted by Crippen LogP contribution is 2.50. The first kappa shape index (κ1) is 94.3. The normalized spacial score (nSPS) is 17.5. The van der Waals surface area contributed by atoms with Crippen molar-refractivity contribution in [3.63, 3.8) is 0 Å². The third-order valence-electron chi connectivity index (χ3n) is 12.4. The van der Waals surface area contributed by atoms with Crippen LogP contribution in [0, 0.1) is 35.5 Å². The van der Waals surface area contributed by atoms with Crippen LogP contribution in [0.5, 0.6) is 0 Å². The smallest absolute Gasteiger partial charge is 0.330 e. The lowest BCUT2D eigenvalue weighted by atomic mass is 9.83. The van der Waals surface area contributed by atoms with Gasteiger partial charge < -0.3 is 15.5 Å². The fraction of sp³-hybridized carbons (Fsp3) is 1.00. The molecule has 89 heavy (non-hydrogen) atoms. The molecule has 0 heterocycles. The molecular formula is C47H74Cl4F28N4O4S2. The lowest BCUT2D eigenvalue weighted by molar-refractivity contribution is -0.249. The molecule has 42 heteroatoms. The van der Waals surface area contributed by atoms with Crippen molar-refractivity contribution in [2.75, 3.05) is 65.9 Å². The van der Waals surface area contributed by atoms with Crippen LogP contribution in [-0.4, -0.2) is 169 Å². The molecule has 3 N–H and O–H groups in total. The molecule has 0 rings (SSSR count). The first-order chi connectivity index (χ1) is 38.9. The number of sulfonamides is 1. The Morgan fingerprint density at radius 3 is 0.955 bits per heavy atom. The van der Waals surface area contributed by atoms with E-state index in [0.717, 1.165) is 19.5 Å². The van der Waals surface area contributed by atoms with Gasteiger partial charge in [-0.05, 0) is 125 Å². The summed E-state index contributed by atoms with van der Waals surface area (Å²) in [6.07, 6.45) is -54.8. The summed E-state index contributed by atoms with van der Waals surface area (Å²) in [4.78, 5) is 3.83. The lowest BCUT2D eigenvalue weighted by Gasteiger charge is -2.32. The van der Waals surface area contributed by atoms with E-state index in [2.05, 4.69) is 19.0 Å². The molecule has 0 bridgehead atoms. The fourth-order valence-corrected chi connectivity index (χ4v) is 10.3. The van der Waals surface area contributed by atoms with Crippen LogP contribution < -0.4 is 10.5 Å². The summed E-state index contributed by atoms with van der Waals surface area (Å²) in [6.45, 7) is 2.97. The van der Waals surface area contributed by atoms with Crippen LogP contribution >= 0.6 is 45.5 Å². The third-order valence-corrected chi connectivity index (χ3v) is 15.0. The number of nitrogens with zero attached hydrogens (tertiary/aromatic N) is 2. The van der Waals surface area contributed by atoms with E-state index in [9.17, 15) is 140 Å². The summed E-state index contributed by atoms with van der Waals surface area (Å²) < 4.78 is 422. The molecule has 0 aliphatic heterocycles. The second-order valence-electron chi connectivity index (χ2n) is 22.4. The number of nitrogens with one attached hydrogen (secondary N) is 1. The molecule has 0 aromatic heterocycles. The summed E-state index contributed by atoms with van der Waals surface area (Å²) in [7, 11) is 3.41. The van der Waals surface area contributed by atoms with Gasteiger partial charge in [0.25, 0.3) is 23.7 Å². The summed E-state index contributed by atoms with van der Waals surface area (Å²) in [5.41, 5.74) is -3.86. The number of alkyl halides is 31. The molecule has 0 aliphatic carbocycles. The fourth-order valence-electron chi connectivity index (χ4n) is 8.28. The minimum Gasteiger partial charge on any atom is -0.330 e. The van der Waals surface area contributed by atoms with Crippen molar-refractivity contribution in [1.29, 1.82) is 0 Å². The molecule has 542 valence electrons. The van der Waals surface area contributed by atoms with Gasteiger partial charge >= 0.3 is 37.1 Å². The van der Waals surface area contributed by atoms with Crippen LogP contribution in [0.2, 0.25) is 0 Å². The number of nitrogens with two attached hydrogens (primary N) is 1. The number of rotatable bonds is 34. The Morgan fingerprint density at radius 2 is 0.719 bits per heavy atom. The van der Waals surface area contributed by atoms with Crippen LogP contribution in [0.15, 0.2) is 0 Å². The van der Waals surface area contributed by atoms with Gasteiger partial charge in [0.2, 0.25) is 30.4 Å². The lowest BCUT2D eigenvalue weighted by Crippen LogP contribution is -2.44. The van der Waals surface area contributed by atoms with Gasteiger partial charge in [0.05, 0.1) is 60.9 Å². The zero-order valence-electron chi connectivity index (χ0n) is 48.7. The molecule has 0 radical (unpaired) electrons. The molecule has 8 nitrogen and oxygen atoms in total. The van der Waals surface area contributed by atoms with E-state index >= 15 is 0 Å². The largest absolute Gasteiger partial charge is 0.422 e. The van der Waals surface area contributed by atoms with Crippen LogP contribution in [0.3, 0.4) is 0 Å². The van der Waals surface area contributed by atoms with E-state index < -0.39 is 220 Å². The van der Waals surface area contributed by atoms with Crippen LogP contribution in [0.1, 0.15) is 118 Å². The topological polar surface area (TPSA) is 113 Å². The van der Waals surface area contributed by atoms with Crippen molar-refractivity contribution in [3.05, 3.63) is 0 Å². The van der Waals surface area contributed by atoms with Gasteiger partial charge in [-0.25, -0.2) is 65.5 Å². The van der Waals surface area contributed by atoms with Crippen molar-refractivity contribution in [1.82, 2.24) is 14.5 Å². The molecule has 0 aromatic carbocycles. The van der Waals surface area contributed by atoms with Gasteiger partial charge in [0.1, 0.15) is 0 Å². The Labute approximate surface area is 518 Å². The molecule has 0 aromatic rings. The van der Waals surface area contributed by atoms with E-state index in [1.807, 2.05) is 4.72 Å². The Hall–Kier alpha value is -1.06. The maximum absolute atomic E-state index is 14.2. The first-order valence-electron chi connectivity index (χ1n) is 26.0. The minimum atomic E-state index is -5.82. The molecule has 0 saturated carbocycles. The zero-order chi connectivity index (χ0) is 72.0. The van der Waals surface area contributed by atoms with Crippen molar-refractivity contribution >= 4 is 64.6 Å². The summed E-state index contributed by atoms with van der Waals surface area (Å²) in [6, 6.07) is 0. The Morgan fingerprint density at radius 1 is 0.438 bits per heavy atom. The number of hydrogen-bond donors (Lipinski definition) is 2. The second-order valence-corrected chi connectivity index (χ2v) is 29.2. The quantitative estimate of drug-likeness (QED) is 0.0286. The van der Waals surface area contributed by atoms with E-state index in [4.69, 9.17) is 51.2 Å². The van der Waals surface area contributed by atoms with Crippen LogP contribution in [-0.2, 0) is 19.1 Å². The van der Waals surface area contributed by atoms with E-state index in [1.165, 1.54) is 0 Å². The van der Waals surface area contributed by atoms with Gasteiger partial charge in [0.15, 0.2) is 4.30 Å². The highest BCUT2D eigenvalue weighted by Gasteiger charge is 2.61. The molecule has 0 spiro atoms. The summed E-state index contributed by atoms with van der Waals surface area (Å²) in [5.74, 6) is -36.8. The first-order valence-corrected chi connectivity index (χ1v) is 31.4. The van der Waals surface area contributed by atoms with Gasteiger partial charge in [-0.2, -0.15) is 79.0 Å². The average molecular weight is 1500 g/mol. The van der Waals surface area contributed by atoms with Crippen molar-refractivity contribution in [2.24, 2.45) is 41.2 Å². The Bertz CT molecular complexity index is 2180. The van der Waals surface area contributed by atoms with E-state index in [-0.39, 0.29) is 26.8 Å². The molecule has 0 fully saturated rings. The highest BCUT2D eigenvalue weighted by molar-refractivity contribution is 8.13. The molecule has 0 saturated heterocycles. The summed E-state index contributed by atoms with van der Waals surface area (Å²) >= 11 is 14.4. The predicted molar refractivity (Wildman–Crippen MR) is 281 cm³/mol. The van der Waals surface area contributed by atoms with Gasteiger partial charge in [-0.15, -0.1) is 0 Å². The van der Waals surface area contributed by atoms with Gasteiger partial charge in [-0.3, -0.25) is 0 Å².